The first-order chi connectivity index (χ1) is 8.69. The molecule has 0 aliphatic carbocycles. The summed E-state index contributed by atoms with van der Waals surface area (Å²) >= 11 is 5.74. The summed E-state index contributed by atoms with van der Waals surface area (Å²) < 4.78 is 0. The molecule has 1 rings (SSSR count). The van der Waals surface area contributed by atoms with Crippen LogP contribution in [0.2, 0.25) is 5.02 Å². The van der Waals surface area contributed by atoms with Gasteiger partial charge in [-0.2, -0.15) is 5.26 Å². The van der Waals surface area contributed by atoms with E-state index >= 15 is 0 Å². The fraction of sp³-hybridized carbons (Fsp3) is 0. The van der Waals surface area contributed by atoms with Crippen LogP contribution >= 0.6 is 11.6 Å². The Morgan fingerprint density at radius 2 is 1.61 bits per heavy atom. The molecule has 18 heavy (non-hydrogen) atoms. The third kappa shape index (κ3) is 2.33. The predicted molar refractivity (Wildman–Crippen MR) is 60.4 cm³/mol. The van der Waals surface area contributed by atoms with E-state index in [0.717, 1.165) is 0 Å². The van der Waals surface area contributed by atoms with Crippen LogP contribution in [0.1, 0.15) is 5.56 Å². The average molecular weight is 262 g/mol. The van der Waals surface area contributed by atoms with Crippen molar-refractivity contribution in [3.8, 4) is 6.07 Å². The Labute approximate surface area is 103 Å². The number of hydrogen-bond donors (Lipinski definition) is 0. The molecule has 0 amide bonds. The molecule has 0 bridgehead atoms. The van der Waals surface area contributed by atoms with Crippen molar-refractivity contribution in [2.24, 2.45) is 15.3 Å². The molecule has 12 heteroatoms. The molecule has 0 fully saturated rings. The number of azide groups is 3. The van der Waals surface area contributed by atoms with Crippen LogP contribution in [-0.2, 0) is 0 Å². The van der Waals surface area contributed by atoms with Crippen LogP contribution in [0.3, 0.4) is 0 Å². The molecule has 0 unspecified atom stereocenters. The van der Waals surface area contributed by atoms with Crippen molar-refractivity contribution in [3.63, 3.8) is 0 Å². The zero-order valence-electron chi connectivity index (χ0n) is 8.30. The molecule has 0 saturated heterocycles. The quantitative estimate of drug-likeness (QED) is 0.443. The first-order valence-electron chi connectivity index (χ1n) is 3.98. The maximum Gasteiger partial charge on any atom is 0.146 e. The van der Waals surface area contributed by atoms with Crippen LogP contribution in [0.15, 0.2) is 15.3 Å². The van der Waals surface area contributed by atoms with Gasteiger partial charge < -0.3 is 0 Å². The van der Waals surface area contributed by atoms with E-state index in [2.05, 4.69) is 35.1 Å². The Kier molecular flexibility index (Phi) is 4.17. The minimum Gasteiger partial charge on any atom is -0.241 e. The van der Waals surface area contributed by atoms with Gasteiger partial charge in [-0.1, -0.05) is 16.7 Å². The molecule has 0 radical (unpaired) electrons. The highest BCUT2D eigenvalue weighted by molar-refractivity contribution is 6.35. The summed E-state index contributed by atoms with van der Waals surface area (Å²) in [5, 5.41) is 18.0. The molecule has 1 aromatic rings. The van der Waals surface area contributed by atoms with Crippen molar-refractivity contribution in [2.45, 2.75) is 0 Å². The average Bonchev–Trinajstić information content (AvgIpc) is 2.36. The van der Waals surface area contributed by atoms with Crippen LogP contribution in [0.25, 0.3) is 31.3 Å². The van der Waals surface area contributed by atoms with Crippen molar-refractivity contribution in [1.82, 2.24) is 4.98 Å². The van der Waals surface area contributed by atoms with Crippen LogP contribution in [-0.4, -0.2) is 4.98 Å². The Morgan fingerprint density at radius 1 is 1.06 bits per heavy atom. The second-order valence-electron chi connectivity index (χ2n) is 2.48. The molecular formula is C6ClN11. The van der Waals surface area contributed by atoms with Crippen LogP contribution in [0.4, 0.5) is 17.3 Å². The summed E-state index contributed by atoms with van der Waals surface area (Å²) in [6.45, 7) is 0. The highest BCUT2D eigenvalue weighted by atomic mass is 35.5. The SMILES string of the molecule is N#Cc1c(N=[N+]=[N-])nc(N=[N+]=[N-])c(Cl)c1N=[N+]=[N-]. The number of halogens is 1. The van der Waals surface area contributed by atoms with E-state index in [1.807, 2.05) is 0 Å². The molecule has 0 aromatic carbocycles. The van der Waals surface area contributed by atoms with E-state index in [1.54, 1.807) is 6.07 Å². The van der Waals surface area contributed by atoms with E-state index in [4.69, 9.17) is 33.5 Å². The lowest BCUT2D eigenvalue weighted by Crippen LogP contribution is -1.85. The molecule has 1 aromatic heterocycles. The van der Waals surface area contributed by atoms with Gasteiger partial charge in [-0.05, 0) is 26.8 Å². The van der Waals surface area contributed by atoms with Gasteiger partial charge in [-0.15, -0.1) is 0 Å². The largest absolute Gasteiger partial charge is 0.241 e. The van der Waals surface area contributed by atoms with Gasteiger partial charge in [0.05, 0.1) is 16.3 Å². The number of hydrogen-bond acceptors (Lipinski definition) is 5. The van der Waals surface area contributed by atoms with Gasteiger partial charge in [0.1, 0.15) is 17.7 Å². The summed E-state index contributed by atoms with van der Waals surface area (Å²) in [5.74, 6) is -0.753. The van der Waals surface area contributed by atoms with Gasteiger partial charge in [0.25, 0.3) is 0 Å². The van der Waals surface area contributed by atoms with Crippen LogP contribution in [0.5, 0.6) is 0 Å². The zero-order valence-corrected chi connectivity index (χ0v) is 9.05. The summed E-state index contributed by atoms with van der Waals surface area (Å²) in [7, 11) is 0. The van der Waals surface area contributed by atoms with E-state index in [-0.39, 0.29) is 22.1 Å². The molecule has 0 saturated carbocycles. The standard InChI is InChI=1S/C6ClN11/c7-3-4(13-16-9)2(1-8)5(14-17-10)12-6(3)15-18-11. The van der Waals surface area contributed by atoms with Crippen molar-refractivity contribution in [1.29, 1.82) is 5.26 Å². The highest BCUT2D eigenvalue weighted by Gasteiger charge is 2.16. The van der Waals surface area contributed by atoms with Gasteiger partial charge in [-0.3, -0.25) is 0 Å². The van der Waals surface area contributed by atoms with Gasteiger partial charge in [0.15, 0.2) is 0 Å². The lowest BCUT2D eigenvalue weighted by atomic mass is 10.2. The predicted octanol–water partition coefficient (Wildman–Crippen LogP) is 4.43. The second kappa shape index (κ2) is 5.81. The van der Waals surface area contributed by atoms with Crippen molar-refractivity contribution >= 4 is 28.9 Å². The fourth-order valence-corrected chi connectivity index (χ4v) is 1.20. The number of aromatic nitrogens is 1. The third-order valence-corrected chi connectivity index (χ3v) is 1.96. The first kappa shape index (κ1) is 12.9. The maximum atomic E-state index is 8.88. The molecule has 0 aliphatic heterocycles. The van der Waals surface area contributed by atoms with Gasteiger partial charge in [-0.25, -0.2) is 4.98 Å². The van der Waals surface area contributed by atoms with Gasteiger partial charge >= 0.3 is 0 Å². The lowest BCUT2D eigenvalue weighted by Gasteiger charge is -2.05. The summed E-state index contributed by atoms with van der Waals surface area (Å²) in [6, 6.07) is 1.63. The Balaban J connectivity index is 3.86. The number of nitriles is 1. The molecular weight excluding hydrogens is 262 g/mol. The van der Waals surface area contributed by atoms with E-state index in [1.165, 1.54) is 0 Å². The number of pyridine rings is 1. The van der Waals surface area contributed by atoms with Gasteiger partial charge in [0, 0.05) is 14.7 Å². The number of nitrogens with zero attached hydrogens (tertiary/aromatic N) is 11. The molecule has 11 nitrogen and oxygen atoms in total. The van der Waals surface area contributed by atoms with E-state index < -0.39 is 5.82 Å². The third-order valence-electron chi connectivity index (χ3n) is 1.61. The highest BCUT2D eigenvalue weighted by Crippen LogP contribution is 2.40. The van der Waals surface area contributed by atoms with Crippen molar-refractivity contribution in [3.05, 3.63) is 41.9 Å². The molecule has 0 aliphatic rings. The summed E-state index contributed by atoms with van der Waals surface area (Å²) in [4.78, 5) is 11.0. The second-order valence-corrected chi connectivity index (χ2v) is 2.85. The molecule has 86 valence electrons. The van der Waals surface area contributed by atoms with Crippen molar-refractivity contribution in [2.75, 3.05) is 0 Å². The monoisotopic (exact) mass is 261 g/mol. The molecule has 0 N–H and O–H groups in total. The normalized spacial score (nSPS) is 8.22. The van der Waals surface area contributed by atoms with Crippen LogP contribution in [0, 0.1) is 11.3 Å². The zero-order chi connectivity index (χ0) is 13.5. The number of rotatable bonds is 3. The molecule has 1 heterocycles. The van der Waals surface area contributed by atoms with Gasteiger partial charge in [0.2, 0.25) is 0 Å². The Morgan fingerprint density at radius 3 is 2.11 bits per heavy atom. The molecule has 0 spiro atoms. The Bertz CT molecular complexity index is 680. The minimum atomic E-state index is -0.394. The maximum absolute atomic E-state index is 8.88. The topological polar surface area (TPSA) is 183 Å². The lowest BCUT2D eigenvalue weighted by molar-refractivity contribution is 1.19. The minimum absolute atomic E-state index is 0.306. The van der Waals surface area contributed by atoms with E-state index in [0.29, 0.717) is 0 Å². The first-order valence-corrected chi connectivity index (χ1v) is 4.36. The van der Waals surface area contributed by atoms with Crippen molar-refractivity contribution < 1.29 is 0 Å². The Hall–Kier alpha value is -3.14. The smallest absolute Gasteiger partial charge is 0.146 e. The molecule has 0 atom stereocenters. The van der Waals surface area contributed by atoms with E-state index in [9.17, 15) is 0 Å². The van der Waals surface area contributed by atoms with Crippen LogP contribution < -0.4 is 0 Å². The fourth-order valence-electron chi connectivity index (χ4n) is 0.992. The summed E-state index contributed by atoms with van der Waals surface area (Å²) in [6.07, 6.45) is 0. The summed E-state index contributed by atoms with van der Waals surface area (Å²) in [5.41, 5.74) is 24.4.